The predicted molar refractivity (Wildman–Crippen MR) is 74.8 cm³/mol. The summed E-state index contributed by atoms with van der Waals surface area (Å²) in [6.45, 7) is 1.63. The third-order valence-electron chi connectivity index (χ3n) is 3.18. The number of nitrogens with zero attached hydrogens (tertiary/aromatic N) is 2. The molecular formula is C14H15ClN2O3. The SMILES string of the molecule is COC(=O)C[C@@H]1CN(c2c(Cl)cccc2C#N)CCO1. The molecule has 0 bridgehead atoms. The Morgan fingerprint density at radius 1 is 1.65 bits per heavy atom. The van der Waals surface area contributed by atoms with Gasteiger partial charge in [-0.15, -0.1) is 0 Å². The molecule has 20 heavy (non-hydrogen) atoms. The third-order valence-corrected chi connectivity index (χ3v) is 3.49. The van der Waals surface area contributed by atoms with E-state index in [9.17, 15) is 10.1 Å². The van der Waals surface area contributed by atoms with Crippen molar-refractivity contribution in [3.05, 3.63) is 28.8 Å². The summed E-state index contributed by atoms with van der Waals surface area (Å²) in [4.78, 5) is 13.3. The molecule has 2 rings (SSSR count). The van der Waals surface area contributed by atoms with Crippen LogP contribution < -0.4 is 4.90 Å². The third kappa shape index (κ3) is 3.21. The molecule has 1 aliphatic rings. The Bertz CT molecular complexity index is 542. The van der Waals surface area contributed by atoms with Gasteiger partial charge in [-0.3, -0.25) is 4.79 Å². The number of esters is 1. The Morgan fingerprint density at radius 3 is 3.15 bits per heavy atom. The van der Waals surface area contributed by atoms with Crippen molar-refractivity contribution in [2.45, 2.75) is 12.5 Å². The second-order valence-electron chi connectivity index (χ2n) is 4.47. The van der Waals surface area contributed by atoms with Crippen molar-refractivity contribution in [1.29, 1.82) is 5.26 Å². The maximum Gasteiger partial charge on any atom is 0.308 e. The minimum Gasteiger partial charge on any atom is -0.469 e. The van der Waals surface area contributed by atoms with E-state index in [-0.39, 0.29) is 18.5 Å². The molecule has 6 heteroatoms. The number of carbonyl (C=O) groups is 1. The van der Waals surface area contributed by atoms with Crippen LogP contribution >= 0.6 is 11.6 Å². The van der Waals surface area contributed by atoms with Crippen LogP contribution in [0.5, 0.6) is 0 Å². The molecule has 1 aliphatic heterocycles. The largest absolute Gasteiger partial charge is 0.469 e. The van der Waals surface area contributed by atoms with Gasteiger partial charge >= 0.3 is 5.97 Å². The van der Waals surface area contributed by atoms with Crippen molar-refractivity contribution in [2.75, 3.05) is 31.7 Å². The lowest BCUT2D eigenvalue weighted by Gasteiger charge is -2.35. The molecule has 0 saturated carbocycles. The highest BCUT2D eigenvalue weighted by Gasteiger charge is 2.26. The first-order valence-electron chi connectivity index (χ1n) is 6.27. The Kier molecular flexibility index (Phi) is 4.83. The Labute approximate surface area is 122 Å². The van der Waals surface area contributed by atoms with Crippen molar-refractivity contribution in [3.8, 4) is 6.07 Å². The average Bonchev–Trinajstić information content (AvgIpc) is 2.47. The number of morpholine rings is 1. The second kappa shape index (κ2) is 6.60. The lowest BCUT2D eigenvalue weighted by Crippen LogP contribution is -2.43. The van der Waals surface area contributed by atoms with Crippen LogP contribution in [-0.4, -0.2) is 38.9 Å². The molecule has 1 saturated heterocycles. The summed E-state index contributed by atoms with van der Waals surface area (Å²) in [5.41, 5.74) is 1.23. The normalized spacial score (nSPS) is 18.4. The molecule has 1 aromatic rings. The number of nitriles is 1. The molecule has 1 heterocycles. The number of para-hydroxylation sites is 1. The first-order chi connectivity index (χ1) is 9.65. The Hall–Kier alpha value is -1.77. The van der Waals surface area contributed by atoms with Gasteiger partial charge < -0.3 is 14.4 Å². The fourth-order valence-corrected chi connectivity index (χ4v) is 2.54. The van der Waals surface area contributed by atoms with Crippen LogP contribution in [0, 0.1) is 11.3 Å². The van der Waals surface area contributed by atoms with E-state index in [2.05, 4.69) is 10.8 Å². The Balaban J connectivity index is 2.17. The van der Waals surface area contributed by atoms with Crippen LogP contribution in [0.3, 0.4) is 0 Å². The van der Waals surface area contributed by atoms with E-state index >= 15 is 0 Å². The van der Waals surface area contributed by atoms with E-state index in [1.54, 1.807) is 18.2 Å². The van der Waals surface area contributed by atoms with Crippen molar-refractivity contribution >= 4 is 23.3 Å². The summed E-state index contributed by atoms with van der Waals surface area (Å²) in [7, 11) is 1.35. The molecule has 0 amide bonds. The molecule has 5 nitrogen and oxygen atoms in total. The van der Waals surface area contributed by atoms with Gasteiger partial charge in [0.1, 0.15) is 6.07 Å². The summed E-state index contributed by atoms with van der Waals surface area (Å²) >= 11 is 6.20. The van der Waals surface area contributed by atoms with Crippen LogP contribution in [-0.2, 0) is 14.3 Å². The second-order valence-corrected chi connectivity index (χ2v) is 4.87. The number of anilines is 1. The molecule has 0 unspecified atom stereocenters. The number of rotatable bonds is 3. The van der Waals surface area contributed by atoms with Crippen LogP contribution in [0.15, 0.2) is 18.2 Å². The highest BCUT2D eigenvalue weighted by atomic mass is 35.5. The predicted octanol–water partition coefficient (Wildman–Crippen LogP) is 1.98. The number of methoxy groups -OCH3 is 1. The van der Waals surface area contributed by atoms with E-state index in [0.717, 1.165) is 0 Å². The molecule has 1 aromatic carbocycles. The number of halogens is 1. The summed E-state index contributed by atoms with van der Waals surface area (Å²) < 4.78 is 10.2. The van der Waals surface area contributed by atoms with Crippen molar-refractivity contribution in [3.63, 3.8) is 0 Å². The van der Waals surface area contributed by atoms with E-state index < -0.39 is 0 Å². The molecule has 106 valence electrons. The van der Waals surface area contributed by atoms with Gasteiger partial charge in [0.25, 0.3) is 0 Å². The topological polar surface area (TPSA) is 62.6 Å². The van der Waals surface area contributed by atoms with E-state index in [1.165, 1.54) is 7.11 Å². The number of carbonyl (C=O) groups excluding carboxylic acids is 1. The zero-order valence-electron chi connectivity index (χ0n) is 11.1. The summed E-state index contributed by atoms with van der Waals surface area (Å²) in [5, 5.41) is 9.71. The zero-order chi connectivity index (χ0) is 14.5. The Morgan fingerprint density at radius 2 is 2.45 bits per heavy atom. The van der Waals surface area contributed by atoms with Gasteiger partial charge in [-0.2, -0.15) is 5.26 Å². The molecule has 0 radical (unpaired) electrons. The molecule has 0 aliphatic carbocycles. The standard InChI is InChI=1S/C14H15ClN2O3/c1-19-13(18)7-11-9-17(5-6-20-11)14-10(8-16)3-2-4-12(14)15/h2-4,11H,5-7,9H2,1H3/t11-/m1/s1. The van der Waals surface area contributed by atoms with Gasteiger partial charge in [-0.1, -0.05) is 17.7 Å². The fourth-order valence-electron chi connectivity index (χ4n) is 2.24. The maximum atomic E-state index is 11.3. The molecule has 0 aromatic heterocycles. The molecule has 0 spiro atoms. The van der Waals surface area contributed by atoms with E-state index in [1.807, 2.05) is 4.90 Å². The minimum absolute atomic E-state index is 0.194. The van der Waals surface area contributed by atoms with Gasteiger partial charge in [-0.25, -0.2) is 0 Å². The number of hydrogen-bond donors (Lipinski definition) is 0. The highest BCUT2D eigenvalue weighted by molar-refractivity contribution is 6.33. The van der Waals surface area contributed by atoms with Gasteiger partial charge in [0.2, 0.25) is 0 Å². The zero-order valence-corrected chi connectivity index (χ0v) is 11.9. The van der Waals surface area contributed by atoms with E-state index in [0.29, 0.717) is 36.0 Å². The smallest absolute Gasteiger partial charge is 0.308 e. The molecular weight excluding hydrogens is 280 g/mol. The summed E-state index contributed by atoms with van der Waals surface area (Å²) in [5.74, 6) is -0.309. The average molecular weight is 295 g/mol. The maximum absolute atomic E-state index is 11.3. The minimum atomic E-state index is -0.309. The van der Waals surface area contributed by atoms with Crippen LogP contribution in [0.25, 0.3) is 0 Å². The van der Waals surface area contributed by atoms with Crippen LogP contribution in [0.1, 0.15) is 12.0 Å². The number of benzene rings is 1. The van der Waals surface area contributed by atoms with Crippen LogP contribution in [0.2, 0.25) is 5.02 Å². The van der Waals surface area contributed by atoms with Crippen molar-refractivity contribution < 1.29 is 14.3 Å². The van der Waals surface area contributed by atoms with Gasteiger partial charge in [-0.05, 0) is 12.1 Å². The van der Waals surface area contributed by atoms with Crippen molar-refractivity contribution in [2.24, 2.45) is 0 Å². The number of ether oxygens (including phenoxy) is 2. The molecule has 1 atom stereocenters. The first-order valence-corrected chi connectivity index (χ1v) is 6.65. The molecule has 1 fully saturated rings. The lowest BCUT2D eigenvalue weighted by atomic mass is 10.1. The monoisotopic (exact) mass is 294 g/mol. The van der Waals surface area contributed by atoms with Gasteiger partial charge in [0.15, 0.2) is 0 Å². The number of hydrogen-bond acceptors (Lipinski definition) is 5. The van der Waals surface area contributed by atoms with Crippen LogP contribution in [0.4, 0.5) is 5.69 Å². The quantitative estimate of drug-likeness (QED) is 0.798. The summed E-state index contributed by atoms with van der Waals surface area (Å²) in [6.07, 6.45) is -0.0571. The van der Waals surface area contributed by atoms with Crippen molar-refractivity contribution in [1.82, 2.24) is 0 Å². The first kappa shape index (κ1) is 14.6. The lowest BCUT2D eigenvalue weighted by molar-refractivity contribution is -0.144. The van der Waals surface area contributed by atoms with E-state index in [4.69, 9.17) is 16.3 Å². The van der Waals surface area contributed by atoms with Gasteiger partial charge in [0.05, 0.1) is 42.5 Å². The highest BCUT2D eigenvalue weighted by Crippen LogP contribution is 2.31. The van der Waals surface area contributed by atoms with Gasteiger partial charge in [0, 0.05) is 13.1 Å². The fraction of sp³-hybridized carbons (Fsp3) is 0.429. The summed E-state index contributed by atoms with van der Waals surface area (Å²) in [6, 6.07) is 7.37. The molecule has 0 N–H and O–H groups in total.